The highest BCUT2D eigenvalue weighted by Crippen LogP contribution is 2.57. The van der Waals surface area contributed by atoms with E-state index >= 15 is 0 Å². The highest BCUT2D eigenvalue weighted by atomic mass is 14.5. The lowest BCUT2D eigenvalue weighted by molar-refractivity contribution is 0.436. The van der Waals surface area contributed by atoms with Crippen molar-refractivity contribution in [1.82, 2.24) is 0 Å². The minimum Gasteiger partial charge on any atom is -0.0654 e. The SMILES string of the molecule is CCCCC1(C)C[C@@H]1CC. The Balaban J connectivity index is 2.16. The first-order valence-corrected chi connectivity index (χ1v) is 4.73. The third kappa shape index (κ3) is 1.53. The van der Waals surface area contributed by atoms with Gasteiger partial charge in [-0.15, -0.1) is 0 Å². The Kier molecular flexibility index (Phi) is 2.38. The summed E-state index contributed by atoms with van der Waals surface area (Å²) in [6, 6.07) is 0. The highest BCUT2D eigenvalue weighted by Gasteiger charge is 2.47. The molecule has 1 unspecified atom stereocenters. The molecule has 0 bridgehead atoms. The second kappa shape index (κ2) is 2.94. The fourth-order valence-corrected chi connectivity index (χ4v) is 2.03. The maximum absolute atomic E-state index is 2.46. The summed E-state index contributed by atoms with van der Waals surface area (Å²) in [4.78, 5) is 0. The molecule has 0 heteroatoms. The molecule has 0 aromatic carbocycles. The Hall–Kier alpha value is 0. The summed E-state index contributed by atoms with van der Waals surface area (Å²) >= 11 is 0. The van der Waals surface area contributed by atoms with Crippen LogP contribution in [0.25, 0.3) is 0 Å². The second-order valence-corrected chi connectivity index (χ2v) is 4.07. The maximum Gasteiger partial charge on any atom is -0.0295 e. The molecule has 1 fully saturated rings. The molecule has 0 aromatic heterocycles. The summed E-state index contributed by atoms with van der Waals surface area (Å²) in [6.07, 6.45) is 7.19. The number of hydrogen-bond donors (Lipinski definition) is 0. The van der Waals surface area contributed by atoms with Gasteiger partial charge in [-0.3, -0.25) is 0 Å². The predicted molar refractivity (Wildman–Crippen MR) is 46.0 cm³/mol. The minimum absolute atomic E-state index is 0.769. The van der Waals surface area contributed by atoms with Crippen molar-refractivity contribution in [3.63, 3.8) is 0 Å². The quantitative estimate of drug-likeness (QED) is 0.559. The predicted octanol–water partition coefficient (Wildman–Crippen LogP) is 3.61. The maximum atomic E-state index is 2.46. The van der Waals surface area contributed by atoms with E-state index in [0.717, 1.165) is 11.3 Å². The third-order valence-corrected chi connectivity index (χ3v) is 3.13. The van der Waals surface area contributed by atoms with Crippen molar-refractivity contribution in [1.29, 1.82) is 0 Å². The van der Waals surface area contributed by atoms with Gasteiger partial charge in [-0.25, -0.2) is 0 Å². The minimum atomic E-state index is 0.769. The molecule has 0 N–H and O–H groups in total. The molecule has 0 amide bonds. The topological polar surface area (TPSA) is 0 Å². The van der Waals surface area contributed by atoms with Crippen LogP contribution >= 0.6 is 0 Å². The van der Waals surface area contributed by atoms with Crippen molar-refractivity contribution in [3.8, 4) is 0 Å². The fourth-order valence-electron chi connectivity index (χ4n) is 2.03. The lowest BCUT2D eigenvalue weighted by Crippen LogP contribution is -1.96. The molecule has 1 rings (SSSR count). The van der Waals surface area contributed by atoms with E-state index < -0.39 is 0 Å². The summed E-state index contributed by atoms with van der Waals surface area (Å²) < 4.78 is 0. The van der Waals surface area contributed by atoms with Crippen molar-refractivity contribution >= 4 is 0 Å². The first-order chi connectivity index (χ1) is 4.73. The molecule has 0 saturated heterocycles. The Morgan fingerprint density at radius 1 is 1.40 bits per heavy atom. The van der Waals surface area contributed by atoms with Crippen molar-refractivity contribution in [2.75, 3.05) is 0 Å². The monoisotopic (exact) mass is 140 g/mol. The lowest BCUT2D eigenvalue weighted by Gasteiger charge is -2.08. The van der Waals surface area contributed by atoms with Gasteiger partial charge >= 0.3 is 0 Å². The molecule has 1 saturated carbocycles. The first-order valence-electron chi connectivity index (χ1n) is 4.73. The summed E-state index contributed by atoms with van der Waals surface area (Å²) in [6.45, 7) is 7.06. The number of hydrogen-bond acceptors (Lipinski definition) is 0. The Morgan fingerprint density at radius 2 is 2.10 bits per heavy atom. The van der Waals surface area contributed by atoms with Gasteiger partial charge in [0.1, 0.15) is 0 Å². The third-order valence-electron chi connectivity index (χ3n) is 3.13. The standard InChI is InChI=1S/C10H20/c1-4-6-7-10(3)8-9(10)5-2/h9H,4-8H2,1-3H3/t9-,10?/m0/s1. The molecule has 60 valence electrons. The van der Waals surface area contributed by atoms with Gasteiger partial charge in [0.25, 0.3) is 0 Å². The van der Waals surface area contributed by atoms with Crippen LogP contribution < -0.4 is 0 Å². The van der Waals surface area contributed by atoms with E-state index in [1.165, 1.54) is 32.1 Å². The van der Waals surface area contributed by atoms with Crippen LogP contribution in [-0.2, 0) is 0 Å². The summed E-state index contributed by atoms with van der Waals surface area (Å²) in [5.74, 6) is 1.07. The summed E-state index contributed by atoms with van der Waals surface area (Å²) in [5, 5.41) is 0. The normalized spacial score (nSPS) is 38.1. The Morgan fingerprint density at radius 3 is 2.50 bits per heavy atom. The zero-order valence-electron chi connectivity index (χ0n) is 7.61. The molecule has 1 aliphatic carbocycles. The van der Waals surface area contributed by atoms with Crippen LogP contribution in [-0.4, -0.2) is 0 Å². The number of rotatable bonds is 4. The van der Waals surface area contributed by atoms with Gasteiger partial charge in [0.2, 0.25) is 0 Å². The van der Waals surface area contributed by atoms with Crippen LogP contribution in [0.4, 0.5) is 0 Å². The van der Waals surface area contributed by atoms with Gasteiger partial charge < -0.3 is 0 Å². The Labute approximate surface area is 65.0 Å². The van der Waals surface area contributed by atoms with E-state index in [1.54, 1.807) is 0 Å². The van der Waals surface area contributed by atoms with Crippen LogP contribution in [0.1, 0.15) is 52.9 Å². The van der Waals surface area contributed by atoms with Crippen molar-refractivity contribution in [2.24, 2.45) is 11.3 Å². The molecule has 2 atom stereocenters. The van der Waals surface area contributed by atoms with Crippen LogP contribution in [0.3, 0.4) is 0 Å². The van der Waals surface area contributed by atoms with Gasteiger partial charge in [-0.1, -0.05) is 40.0 Å². The van der Waals surface area contributed by atoms with Crippen LogP contribution in [0.15, 0.2) is 0 Å². The lowest BCUT2D eigenvalue weighted by atomic mass is 9.98. The van der Waals surface area contributed by atoms with Crippen LogP contribution in [0.5, 0.6) is 0 Å². The largest absolute Gasteiger partial charge is 0.0654 e. The van der Waals surface area contributed by atoms with Crippen molar-refractivity contribution in [2.45, 2.75) is 52.9 Å². The average molecular weight is 140 g/mol. The molecule has 0 aromatic rings. The average Bonchev–Trinajstić information content (AvgIpc) is 2.59. The molecule has 1 aliphatic rings. The van der Waals surface area contributed by atoms with E-state index in [1.807, 2.05) is 0 Å². The van der Waals surface area contributed by atoms with Gasteiger partial charge in [0.05, 0.1) is 0 Å². The van der Waals surface area contributed by atoms with Crippen LogP contribution in [0, 0.1) is 11.3 Å². The van der Waals surface area contributed by atoms with Gasteiger partial charge in [-0.05, 0) is 24.2 Å². The molecular formula is C10H20. The van der Waals surface area contributed by atoms with E-state index in [4.69, 9.17) is 0 Å². The van der Waals surface area contributed by atoms with E-state index in [0.29, 0.717) is 0 Å². The zero-order valence-corrected chi connectivity index (χ0v) is 7.61. The summed E-state index contributed by atoms with van der Waals surface area (Å²) in [5.41, 5.74) is 0.769. The zero-order chi connectivity index (χ0) is 7.61. The molecule has 10 heavy (non-hydrogen) atoms. The molecule has 0 nitrogen and oxygen atoms in total. The smallest absolute Gasteiger partial charge is 0.0295 e. The van der Waals surface area contributed by atoms with Crippen molar-refractivity contribution in [3.05, 3.63) is 0 Å². The van der Waals surface area contributed by atoms with E-state index in [-0.39, 0.29) is 0 Å². The first kappa shape index (κ1) is 8.10. The Bertz CT molecular complexity index is 107. The van der Waals surface area contributed by atoms with Crippen LogP contribution in [0.2, 0.25) is 0 Å². The van der Waals surface area contributed by atoms with Gasteiger partial charge in [0.15, 0.2) is 0 Å². The van der Waals surface area contributed by atoms with Crippen molar-refractivity contribution < 1.29 is 0 Å². The van der Waals surface area contributed by atoms with Gasteiger partial charge in [-0.2, -0.15) is 0 Å². The van der Waals surface area contributed by atoms with E-state index in [2.05, 4.69) is 20.8 Å². The molecule has 0 heterocycles. The fraction of sp³-hybridized carbons (Fsp3) is 1.00. The molecule has 0 radical (unpaired) electrons. The highest BCUT2D eigenvalue weighted by molar-refractivity contribution is 4.97. The van der Waals surface area contributed by atoms with E-state index in [9.17, 15) is 0 Å². The summed E-state index contributed by atoms with van der Waals surface area (Å²) in [7, 11) is 0. The molecule has 0 aliphatic heterocycles. The second-order valence-electron chi connectivity index (χ2n) is 4.07. The van der Waals surface area contributed by atoms with Gasteiger partial charge in [0, 0.05) is 0 Å². The molecular weight excluding hydrogens is 120 g/mol. The number of unbranched alkanes of at least 4 members (excludes halogenated alkanes) is 1. The molecule has 0 spiro atoms.